The highest BCUT2D eigenvalue weighted by Crippen LogP contribution is 2.30. The first-order valence-electron chi connectivity index (χ1n) is 7.28. The van der Waals surface area contributed by atoms with Gasteiger partial charge in [0.1, 0.15) is 5.69 Å². The van der Waals surface area contributed by atoms with Gasteiger partial charge in [-0.05, 0) is 37.1 Å². The zero-order valence-corrected chi connectivity index (χ0v) is 12.9. The number of nitrogens with one attached hydrogen (secondary N) is 1. The molecule has 3 rings (SSSR count). The van der Waals surface area contributed by atoms with Crippen LogP contribution >= 0.6 is 11.6 Å². The number of rotatable bonds is 5. The van der Waals surface area contributed by atoms with Crippen molar-refractivity contribution in [3.05, 3.63) is 35.0 Å². The first-order valence-corrected chi connectivity index (χ1v) is 7.65. The Morgan fingerprint density at radius 2 is 2.14 bits per heavy atom. The number of carboxylic acid groups (broad SMARTS) is 1. The minimum atomic E-state index is -0.887. The summed E-state index contributed by atoms with van der Waals surface area (Å²) in [6.07, 6.45) is 1.87. The van der Waals surface area contributed by atoms with Crippen molar-refractivity contribution in [3.8, 4) is 0 Å². The molecule has 1 aromatic heterocycles. The molecule has 1 aliphatic rings. The number of hydrogen-bond donors (Lipinski definition) is 2. The second kappa shape index (κ2) is 5.65. The SMILES string of the molecule is C[C@H](CN(C(=O)c1cc2cc(Cl)ccc2[nH]1)C1CC1)C(=O)O. The molecule has 1 aromatic carbocycles. The van der Waals surface area contributed by atoms with Crippen molar-refractivity contribution in [1.29, 1.82) is 0 Å². The lowest BCUT2D eigenvalue weighted by molar-refractivity contribution is -0.141. The van der Waals surface area contributed by atoms with Gasteiger partial charge < -0.3 is 15.0 Å². The van der Waals surface area contributed by atoms with Crippen molar-refractivity contribution in [2.45, 2.75) is 25.8 Å². The zero-order chi connectivity index (χ0) is 15.9. The van der Waals surface area contributed by atoms with Crippen LogP contribution in [-0.2, 0) is 4.79 Å². The molecule has 6 heteroatoms. The third kappa shape index (κ3) is 2.95. The Kier molecular flexibility index (Phi) is 3.83. The van der Waals surface area contributed by atoms with Crippen molar-refractivity contribution in [3.63, 3.8) is 0 Å². The maximum Gasteiger partial charge on any atom is 0.308 e. The molecule has 1 saturated carbocycles. The second-order valence-electron chi connectivity index (χ2n) is 5.84. The van der Waals surface area contributed by atoms with Gasteiger partial charge in [0.15, 0.2) is 0 Å². The van der Waals surface area contributed by atoms with E-state index in [2.05, 4.69) is 4.98 Å². The summed E-state index contributed by atoms with van der Waals surface area (Å²) in [5.41, 5.74) is 1.32. The first-order chi connectivity index (χ1) is 10.5. The van der Waals surface area contributed by atoms with Crippen LogP contribution in [0.4, 0.5) is 0 Å². The van der Waals surface area contributed by atoms with Gasteiger partial charge in [-0.25, -0.2) is 0 Å². The molecular formula is C16H17ClN2O3. The number of aliphatic carboxylic acids is 1. The molecule has 0 spiro atoms. The highest BCUT2D eigenvalue weighted by Gasteiger charge is 2.35. The number of aromatic amines is 1. The van der Waals surface area contributed by atoms with Crippen LogP contribution in [0.5, 0.6) is 0 Å². The number of aromatic nitrogens is 1. The fourth-order valence-electron chi connectivity index (χ4n) is 2.53. The van der Waals surface area contributed by atoms with Crippen LogP contribution in [0, 0.1) is 5.92 Å². The highest BCUT2D eigenvalue weighted by molar-refractivity contribution is 6.31. The van der Waals surface area contributed by atoms with E-state index in [1.54, 1.807) is 30.0 Å². The lowest BCUT2D eigenvalue weighted by atomic mass is 10.1. The largest absolute Gasteiger partial charge is 0.481 e. The molecule has 22 heavy (non-hydrogen) atoms. The Morgan fingerprint density at radius 3 is 2.77 bits per heavy atom. The smallest absolute Gasteiger partial charge is 0.308 e. The van der Waals surface area contributed by atoms with Crippen LogP contribution in [0.2, 0.25) is 5.02 Å². The van der Waals surface area contributed by atoms with E-state index in [4.69, 9.17) is 16.7 Å². The molecule has 0 unspecified atom stereocenters. The molecule has 0 radical (unpaired) electrons. The predicted octanol–water partition coefficient (Wildman–Crippen LogP) is 3.15. The fourth-order valence-corrected chi connectivity index (χ4v) is 2.71. The Hall–Kier alpha value is -2.01. The maximum atomic E-state index is 12.7. The Balaban J connectivity index is 1.86. The van der Waals surface area contributed by atoms with E-state index in [1.807, 2.05) is 6.07 Å². The molecule has 0 aliphatic heterocycles. The monoisotopic (exact) mass is 320 g/mol. The number of halogens is 1. The van der Waals surface area contributed by atoms with Gasteiger partial charge in [0.25, 0.3) is 5.91 Å². The number of carbonyl (C=O) groups excluding carboxylic acids is 1. The third-order valence-electron chi connectivity index (χ3n) is 3.95. The lowest BCUT2D eigenvalue weighted by Crippen LogP contribution is -2.38. The molecule has 1 fully saturated rings. The summed E-state index contributed by atoms with van der Waals surface area (Å²) in [5, 5.41) is 10.6. The van der Waals surface area contributed by atoms with Crippen molar-refractivity contribution in [2.24, 2.45) is 5.92 Å². The topological polar surface area (TPSA) is 73.4 Å². The first kappa shape index (κ1) is 14.9. The number of hydrogen-bond acceptors (Lipinski definition) is 2. The van der Waals surface area contributed by atoms with Gasteiger partial charge in [-0.1, -0.05) is 18.5 Å². The minimum Gasteiger partial charge on any atom is -0.481 e. The molecule has 5 nitrogen and oxygen atoms in total. The summed E-state index contributed by atoms with van der Waals surface area (Å²) in [7, 11) is 0. The number of nitrogens with zero attached hydrogens (tertiary/aromatic N) is 1. The number of H-pyrrole nitrogens is 1. The van der Waals surface area contributed by atoms with Crippen LogP contribution in [0.1, 0.15) is 30.3 Å². The van der Waals surface area contributed by atoms with E-state index in [-0.39, 0.29) is 18.5 Å². The molecule has 1 heterocycles. The van der Waals surface area contributed by atoms with E-state index in [1.165, 1.54) is 0 Å². The zero-order valence-electron chi connectivity index (χ0n) is 12.2. The average molecular weight is 321 g/mol. The Labute approximate surface area is 132 Å². The molecule has 0 saturated heterocycles. The molecule has 2 aromatic rings. The molecular weight excluding hydrogens is 304 g/mol. The summed E-state index contributed by atoms with van der Waals surface area (Å²) in [4.78, 5) is 28.5. The van der Waals surface area contributed by atoms with E-state index in [0.717, 1.165) is 23.7 Å². The van der Waals surface area contributed by atoms with Crippen molar-refractivity contribution < 1.29 is 14.7 Å². The highest BCUT2D eigenvalue weighted by atomic mass is 35.5. The normalized spacial score (nSPS) is 15.7. The van der Waals surface area contributed by atoms with Crippen LogP contribution < -0.4 is 0 Å². The summed E-state index contributed by atoms with van der Waals surface area (Å²) >= 11 is 5.96. The third-order valence-corrected chi connectivity index (χ3v) is 4.19. The second-order valence-corrected chi connectivity index (χ2v) is 6.28. The minimum absolute atomic E-state index is 0.150. The number of carboxylic acids is 1. The summed E-state index contributed by atoms with van der Waals surface area (Å²) < 4.78 is 0. The van der Waals surface area contributed by atoms with Gasteiger partial charge in [-0.3, -0.25) is 9.59 Å². The van der Waals surface area contributed by atoms with E-state index >= 15 is 0 Å². The number of carbonyl (C=O) groups is 2. The summed E-state index contributed by atoms with van der Waals surface area (Å²) in [6, 6.07) is 7.31. The van der Waals surface area contributed by atoms with Gasteiger partial charge in [0.05, 0.1) is 5.92 Å². The standard InChI is InChI=1S/C16H17ClN2O3/c1-9(16(21)22)8-19(12-3-4-12)15(20)14-7-10-6-11(17)2-5-13(10)18-14/h2,5-7,9,12,18H,3-4,8H2,1H3,(H,21,22)/t9-/m1/s1. The van der Waals surface area contributed by atoms with Gasteiger partial charge in [0, 0.05) is 28.5 Å². The molecule has 1 amide bonds. The van der Waals surface area contributed by atoms with Gasteiger partial charge in [-0.2, -0.15) is 0 Å². The number of fused-ring (bicyclic) bond motifs is 1. The predicted molar refractivity (Wildman–Crippen MR) is 84.2 cm³/mol. The van der Waals surface area contributed by atoms with Crippen molar-refractivity contribution >= 4 is 34.4 Å². The van der Waals surface area contributed by atoms with E-state index in [9.17, 15) is 9.59 Å². The summed E-state index contributed by atoms with van der Waals surface area (Å²) in [6.45, 7) is 1.85. The fraction of sp³-hybridized carbons (Fsp3) is 0.375. The molecule has 116 valence electrons. The van der Waals surface area contributed by atoms with Crippen LogP contribution in [0.15, 0.2) is 24.3 Å². The van der Waals surface area contributed by atoms with Gasteiger partial charge in [-0.15, -0.1) is 0 Å². The summed E-state index contributed by atoms with van der Waals surface area (Å²) in [5.74, 6) is -1.62. The van der Waals surface area contributed by atoms with E-state index < -0.39 is 11.9 Å². The van der Waals surface area contributed by atoms with E-state index in [0.29, 0.717) is 10.7 Å². The van der Waals surface area contributed by atoms with Crippen LogP contribution in [0.25, 0.3) is 10.9 Å². The van der Waals surface area contributed by atoms with Gasteiger partial charge >= 0.3 is 5.97 Å². The van der Waals surface area contributed by atoms with Crippen LogP contribution in [0.3, 0.4) is 0 Å². The Morgan fingerprint density at radius 1 is 1.41 bits per heavy atom. The molecule has 0 bridgehead atoms. The molecule has 2 N–H and O–H groups in total. The van der Waals surface area contributed by atoms with Gasteiger partial charge in [0.2, 0.25) is 0 Å². The van der Waals surface area contributed by atoms with Crippen molar-refractivity contribution in [1.82, 2.24) is 9.88 Å². The maximum absolute atomic E-state index is 12.7. The quantitative estimate of drug-likeness (QED) is 0.888. The Bertz CT molecular complexity index is 736. The number of amides is 1. The average Bonchev–Trinajstić information content (AvgIpc) is 3.22. The lowest BCUT2D eigenvalue weighted by Gasteiger charge is -2.23. The molecule has 1 aliphatic carbocycles. The van der Waals surface area contributed by atoms with Crippen molar-refractivity contribution in [2.75, 3.05) is 6.54 Å². The van der Waals surface area contributed by atoms with Crippen LogP contribution in [-0.4, -0.2) is 39.5 Å². The molecule has 1 atom stereocenters. The number of benzene rings is 1.